The number of rotatable bonds is 3. The number of likely N-dealkylation sites (tertiary alicyclic amines) is 1. The van der Waals surface area contributed by atoms with Gasteiger partial charge in [0.1, 0.15) is 5.76 Å². The van der Waals surface area contributed by atoms with Crippen molar-refractivity contribution in [3.8, 4) is 0 Å². The SMILES string of the molecule is Cc1occc1C(=O)N1CC(CC(=O)O)C1. The Morgan fingerprint density at radius 2 is 2.25 bits per heavy atom. The molecule has 0 atom stereocenters. The summed E-state index contributed by atoms with van der Waals surface area (Å²) >= 11 is 0. The van der Waals surface area contributed by atoms with E-state index in [-0.39, 0.29) is 18.2 Å². The molecular formula is C11H13NO4. The van der Waals surface area contributed by atoms with E-state index in [4.69, 9.17) is 9.52 Å². The third-order valence-corrected chi connectivity index (χ3v) is 2.80. The molecule has 1 aliphatic heterocycles. The van der Waals surface area contributed by atoms with Crippen LogP contribution in [-0.4, -0.2) is 35.0 Å². The Labute approximate surface area is 92.7 Å². The van der Waals surface area contributed by atoms with Gasteiger partial charge in [-0.15, -0.1) is 0 Å². The molecule has 1 saturated heterocycles. The lowest BCUT2D eigenvalue weighted by Crippen LogP contribution is -2.50. The molecule has 0 aliphatic carbocycles. The number of amides is 1. The van der Waals surface area contributed by atoms with Gasteiger partial charge in [0.05, 0.1) is 18.2 Å². The van der Waals surface area contributed by atoms with Crippen LogP contribution in [0.4, 0.5) is 0 Å². The lowest BCUT2D eigenvalue weighted by Gasteiger charge is -2.38. The molecule has 1 aromatic rings. The number of carboxylic acids is 1. The third-order valence-electron chi connectivity index (χ3n) is 2.80. The van der Waals surface area contributed by atoms with E-state index in [0.29, 0.717) is 24.4 Å². The number of furan rings is 1. The number of carbonyl (C=O) groups excluding carboxylic acids is 1. The molecule has 0 saturated carbocycles. The first-order chi connectivity index (χ1) is 7.58. The van der Waals surface area contributed by atoms with E-state index < -0.39 is 5.97 Å². The molecule has 0 bridgehead atoms. The summed E-state index contributed by atoms with van der Waals surface area (Å²) in [5, 5.41) is 8.58. The normalized spacial score (nSPS) is 15.9. The van der Waals surface area contributed by atoms with Gasteiger partial charge < -0.3 is 14.4 Å². The number of carbonyl (C=O) groups is 2. The molecule has 1 aliphatic rings. The third kappa shape index (κ3) is 1.93. The Balaban J connectivity index is 1.91. The van der Waals surface area contributed by atoms with E-state index in [1.165, 1.54) is 6.26 Å². The quantitative estimate of drug-likeness (QED) is 0.834. The van der Waals surface area contributed by atoms with E-state index in [0.717, 1.165) is 0 Å². The van der Waals surface area contributed by atoms with Crippen LogP contribution in [0.5, 0.6) is 0 Å². The van der Waals surface area contributed by atoms with Gasteiger partial charge in [-0.25, -0.2) is 0 Å². The molecule has 0 unspecified atom stereocenters. The van der Waals surface area contributed by atoms with Crippen LogP contribution in [0.25, 0.3) is 0 Å². The van der Waals surface area contributed by atoms with E-state index in [9.17, 15) is 9.59 Å². The van der Waals surface area contributed by atoms with Crippen molar-refractivity contribution in [3.05, 3.63) is 23.7 Å². The zero-order valence-electron chi connectivity index (χ0n) is 8.97. The van der Waals surface area contributed by atoms with Crippen LogP contribution in [0.15, 0.2) is 16.7 Å². The second-order valence-corrected chi connectivity index (χ2v) is 4.06. The molecule has 5 nitrogen and oxygen atoms in total. The van der Waals surface area contributed by atoms with Crippen LogP contribution in [0.3, 0.4) is 0 Å². The maximum Gasteiger partial charge on any atom is 0.303 e. The summed E-state index contributed by atoms with van der Waals surface area (Å²) in [6.07, 6.45) is 1.62. The molecule has 86 valence electrons. The van der Waals surface area contributed by atoms with Crippen molar-refractivity contribution in [2.75, 3.05) is 13.1 Å². The number of aryl methyl sites for hydroxylation is 1. The van der Waals surface area contributed by atoms with Crippen molar-refractivity contribution in [3.63, 3.8) is 0 Å². The standard InChI is InChI=1S/C11H13NO4/c1-7-9(2-3-16-7)11(15)12-5-8(6-12)4-10(13)14/h2-3,8H,4-6H2,1H3,(H,13,14). The maximum absolute atomic E-state index is 11.9. The molecule has 2 rings (SSSR count). The highest BCUT2D eigenvalue weighted by molar-refractivity contribution is 5.95. The van der Waals surface area contributed by atoms with Crippen molar-refractivity contribution < 1.29 is 19.1 Å². The van der Waals surface area contributed by atoms with Crippen LogP contribution < -0.4 is 0 Å². The summed E-state index contributed by atoms with van der Waals surface area (Å²) in [5.74, 6) is -0.190. The average Bonchev–Trinajstić information content (AvgIpc) is 2.56. The van der Waals surface area contributed by atoms with E-state index in [1.807, 2.05) is 0 Å². The van der Waals surface area contributed by atoms with Gasteiger partial charge in [0.2, 0.25) is 0 Å². The minimum Gasteiger partial charge on any atom is -0.481 e. The largest absolute Gasteiger partial charge is 0.481 e. The molecule has 2 heterocycles. The molecule has 1 aromatic heterocycles. The summed E-state index contributed by atoms with van der Waals surface area (Å²) in [6, 6.07) is 1.64. The second-order valence-electron chi connectivity index (χ2n) is 4.06. The van der Waals surface area contributed by atoms with Gasteiger partial charge in [0.15, 0.2) is 0 Å². The molecule has 1 amide bonds. The Bertz CT molecular complexity index is 417. The molecule has 0 aromatic carbocycles. The summed E-state index contributed by atoms with van der Waals surface area (Å²) in [5.41, 5.74) is 0.564. The zero-order valence-corrected chi connectivity index (χ0v) is 8.97. The molecular weight excluding hydrogens is 210 g/mol. The summed E-state index contributed by atoms with van der Waals surface area (Å²) in [7, 11) is 0. The Morgan fingerprint density at radius 3 is 2.75 bits per heavy atom. The Kier molecular flexibility index (Phi) is 2.68. The van der Waals surface area contributed by atoms with Crippen LogP contribution in [-0.2, 0) is 4.79 Å². The van der Waals surface area contributed by atoms with Crippen LogP contribution in [0, 0.1) is 12.8 Å². The summed E-state index contributed by atoms with van der Waals surface area (Å²) < 4.78 is 5.05. The van der Waals surface area contributed by atoms with Gasteiger partial charge in [-0.05, 0) is 13.0 Å². The lowest BCUT2D eigenvalue weighted by molar-refractivity contribution is -0.139. The highest BCUT2D eigenvalue weighted by Gasteiger charge is 2.33. The monoisotopic (exact) mass is 223 g/mol. The number of carboxylic acid groups (broad SMARTS) is 1. The minimum atomic E-state index is -0.809. The minimum absolute atomic E-state index is 0.0760. The first-order valence-electron chi connectivity index (χ1n) is 5.13. The van der Waals surface area contributed by atoms with Gasteiger partial charge in [-0.2, -0.15) is 0 Å². The second kappa shape index (κ2) is 4.00. The number of aliphatic carboxylic acids is 1. The topological polar surface area (TPSA) is 70.8 Å². The average molecular weight is 223 g/mol. The van der Waals surface area contributed by atoms with Gasteiger partial charge in [-0.3, -0.25) is 9.59 Å². The number of hydrogen-bond donors (Lipinski definition) is 1. The van der Waals surface area contributed by atoms with Gasteiger partial charge in [0, 0.05) is 19.0 Å². The predicted octanol–water partition coefficient (Wildman–Crippen LogP) is 1.13. The van der Waals surface area contributed by atoms with Gasteiger partial charge in [-0.1, -0.05) is 0 Å². The summed E-state index contributed by atoms with van der Waals surface area (Å²) in [4.78, 5) is 23.9. The number of hydrogen-bond acceptors (Lipinski definition) is 3. The fraction of sp³-hybridized carbons (Fsp3) is 0.455. The van der Waals surface area contributed by atoms with Crippen LogP contribution >= 0.6 is 0 Å². The highest BCUT2D eigenvalue weighted by Crippen LogP contribution is 2.22. The zero-order chi connectivity index (χ0) is 11.7. The first kappa shape index (κ1) is 10.7. The predicted molar refractivity (Wildman–Crippen MR) is 55.1 cm³/mol. The maximum atomic E-state index is 11.9. The van der Waals surface area contributed by atoms with Crippen molar-refractivity contribution >= 4 is 11.9 Å². The highest BCUT2D eigenvalue weighted by atomic mass is 16.4. The Morgan fingerprint density at radius 1 is 1.56 bits per heavy atom. The summed E-state index contributed by atoms with van der Waals surface area (Å²) in [6.45, 7) is 2.78. The van der Waals surface area contributed by atoms with Gasteiger partial charge in [0.25, 0.3) is 5.91 Å². The van der Waals surface area contributed by atoms with Crippen molar-refractivity contribution in [2.24, 2.45) is 5.92 Å². The smallest absolute Gasteiger partial charge is 0.303 e. The molecule has 16 heavy (non-hydrogen) atoms. The van der Waals surface area contributed by atoms with Gasteiger partial charge >= 0.3 is 5.97 Å². The molecule has 0 spiro atoms. The Hall–Kier alpha value is -1.78. The van der Waals surface area contributed by atoms with Crippen molar-refractivity contribution in [2.45, 2.75) is 13.3 Å². The molecule has 5 heteroatoms. The first-order valence-corrected chi connectivity index (χ1v) is 5.13. The fourth-order valence-corrected chi connectivity index (χ4v) is 1.89. The van der Waals surface area contributed by atoms with Crippen LogP contribution in [0.2, 0.25) is 0 Å². The van der Waals surface area contributed by atoms with E-state index in [1.54, 1.807) is 17.9 Å². The van der Waals surface area contributed by atoms with E-state index >= 15 is 0 Å². The van der Waals surface area contributed by atoms with E-state index in [2.05, 4.69) is 0 Å². The van der Waals surface area contributed by atoms with Crippen molar-refractivity contribution in [1.82, 2.24) is 4.90 Å². The number of nitrogens with zero attached hydrogens (tertiary/aromatic N) is 1. The molecule has 0 radical (unpaired) electrons. The fourth-order valence-electron chi connectivity index (χ4n) is 1.89. The molecule has 1 N–H and O–H groups in total. The van der Waals surface area contributed by atoms with Crippen molar-refractivity contribution in [1.29, 1.82) is 0 Å². The molecule has 1 fully saturated rings. The van der Waals surface area contributed by atoms with Crippen LogP contribution in [0.1, 0.15) is 22.5 Å². The lowest BCUT2D eigenvalue weighted by atomic mass is 9.95.